The van der Waals surface area contributed by atoms with Crippen LogP contribution in [0, 0.1) is 0 Å². The molecule has 124 valence electrons. The van der Waals surface area contributed by atoms with Gasteiger partial charge >= 0.3 is 0 Å². The quantitative estimate of drug-likeness (QED) is 0.787. The van der Waals surface area contributed by atoms with Gasteiger partial charge in [0.25, 0.3) is 0 Å². The van der Waals surface area contributed by atoms with Gasteiger partial charge in [-0.3, -0.25) is 4.79 Å². The molecule has 1 N–H and O–H groups in total. The highest BCUT2D eigenvalue weighted by atomic mass is 35.5. The Labute approximate surface area is 151 Å². The second-order valence-electron chi connectivity index (χ2n) is 5.76. The first-order valence-corrected chi connectivity index (χ1v) is 8.40. The number of methoxy groups -OCH3 is 1. The molecule has 5 heteroatoms. The van der Waals surface area contributed by atoms with Crippen LogP contribution in [0.5, 0.6) is 5.75 Å². The van der Waals surface area contributed by atoms with Crippen LogP contribution in [0.3, 0.4) is 0 Å². The highest BCUT2D eigenvalue weighted by molar-refractivity contribution is 6.36. The summed E-state index contributed by atoms with van der Waals surface area (Å²) < 4.78 is 5.18. The molecule has 0 spiro atoms. The van der Waals surface area contributed by atoms with E-state index in [2.05, 4.69) is 5.32 Å². The zero-order valence-electron chi connectivity index (χ0n) is 13.2. The molecule has 3 nitrogen and oxygen atoms in total. The van der Waals surface area contributed by atoms with Crippen LogP contribution in [0.15, 0.2) is 54.2 Å². The van der Waals surface area contributed by atoms with Crippen LogP contribution in [0.2, 0.25) is 10.0 Å². The third kappa shape index (κ3) is 3.92. The Bertz CT molecular complexity index is 784. The molecule has 2 aromatic carbocycles. The molecule has 0 bridgehead atoms. The summed E-state index contributed by atoms with van der Waals surface area (Å²) in [5.74, 6) is 1.05. The molecule has 1 aliphatic carbocycles. The summed E-state index contributed by atoms with van der Waals surface area (Å²) in [5, 5.41) is 4.36. The first-order chi connectivity index (χ1) is 11.5. The van der Waals surface area contributed by atoms with Crippen molar-refractivity contribution in [3.63, 3.8) is 0 Å². The normalized spacial score (nSPS) is 17.4. The number of halogens is 2. The van der Waals surface area contributed by atoms with Gasteiger partial charge in [-0.05, 0) is 48.2 Å². The molecule has 3 rings (SSSR count). The average Bonchev–Trinajstić information content (AvgIpc) is 2.57. The Balaban J connectivity index is 1.78. The Hall–Kier alpha value is -1.97. The van der Waals surface area contributed by atoms with E-state index in [4.69, 9.17) is 27.9 Å². The fourth-order valence-electron chi connectivity index (χ4n) is 2.86. The van der Waals surface area contributed by atoms with Gasteiger partial charge in [0.1, 0.15) is 5.75 Å². The minimum absolute atomic E-state index is 0.106. The number of carbonyl (C=O) groups is 1. The molecule has 0 saturated carbocycles. The van der Waals surface area contributed by atoms with E-state index in [-0.39, 0.29) is 11.7 Å². The lowest BCUT2D eigenvalue weighted by Gasteiger charge is -2.24. The summed E-state index contributed by atoms with van der Waals surface area (Å²) in [7, 11) is 1.64. The number of carbonyl (C=O) groups excluding carboxylic acids is 1. The van der Waals surface area contributed by atoms with E-state index in [1.165, 1.54) is 0 Å². The summed E-state index contributed by atoms with van der Waals surface area (Å²) >= 11 is 12.1. The molecule has 0 saturated heterocycles. The number of ether oxygens (including phenoxy) is 1. The van der Waals surface area contributed by atoms with Gasteiger partial charge in [0.05, 0.1) is 17.8 Å². The maximum absolute atomic E-state index is 12.1. The number of rotatable bonds is 4. The first kappa shape index (κ1) is 16.9. The molecule has 1 atom stereocenters. The van der Waals surface area contributed by atoms with Crippen molar-refractivity contribution in [2.75, 3.05) is 12.4 Å². The average molecular weight is 362 g/mol. The molecule has 0 heterocycles. The zero-order chi connectivity index (χ0) is 17.1. The van der Waals surface area contributed by atoms with Crippen molar-refractivity contribution in [2.24, 2.45) is 0 Å². The molecule has 24 heavy (non-hydrogen) atoms. The number of hydrogen-bond donors (Lipinski definition) is 1. The van der Waals surface area contributed by atoms with Crippen molar-refractivity contribution in [3.8, 4) is 5.75 Å². The Kier molecular flexibility index (Phi) is 5.12. The summed E-state index contributed by atoms with van der Waals surface area (Å²) in [5.41, 5.74) is 2.73. The van der Waals surface area contributed by atoms with Crippen LogP contribution in [-0.4, -0.2) is 12.9 Å². The smallest absolute Gasteiger partial charge is 0.158 e. The number of nitrogens with one attached hydrogen (secondary N) is 1. The van der Waals surface area contributed by atoms with Crippen molar-refractivity contribution < 1.29 is 9.53 Å². The highest BCUT2D eigenvalue weighted by Crippen LogP contribution is 2.34. The molecule has 0 amide bonds. The minimum atomic E-state index is 0.106. The maximum atomic E-state index is 12.1. The second-order valence-corrected chi connectivity index (χ2v) is 6.61. The van der Waals surface area contributed by atoms with Crippen molar-refractivity contribution in [1.82, 2.24) is 0 Å². The third-order valence-electron chi connectivity index (χ3n) is 4.06. The van der Waals surface area contributed by atoms with E-state index in [0.29, 0.717) is 16.5 Å². The van der Waals surface area contributed by atoms with Crippen LogP contribution in [-0.2, 0) is 4.79 Å². The highest BCUT2D eigenvalue weighted by Gasteiger charge is 2.22. The molecule has 0 fully saturated rings. The number of anilines is 1. The van der Waals surface area contributed by atoms with E-state index in [1.54, 1.807) is 25.3 Å². The van der Waals surface area contributed by atoms with E-state index in [9.17, 15) is 4.79 Å². The second kappa shape index (κ2) is 7.29. The number of allylic oxidation sites excluding steroid dienone is 2. The van der Waals surface area contributed by atoms with Gasteiger partial charge in [-0.1, -0.05) is 35.3 Å². The molecule has 0 aliphatic heterocycles. The van der Waals surface area contributed by atoms with E-state index < -0.39 is 0 Å². The number of ketones is 1. The molecular formula is C19H17Cl2NO2. The SMILES string of the molecule is COc1ccc([C@H]2CC(=O)C=C(Nc3ccc(Cl)cc3Cl)C2)cc1. The first-order valence-electron chi connectivity index (χ1n) is 7.64. The fourth-order valence-corrected chi connectivity index (χ4v) is 3.31. The summed E-state index contributed by atoms with van der Waals surface area (Å²) in [6.07, 6.45) is 2.91. The summed E-state index contributed by atoms with van der Waals surface area (Å²) in [6.45, 7) is 0. The molecule has 2 aromatic rings. The van der Waals surface area contributed by atoms with Crippen molar-refractivity contribution in [1.29, 1.82) is 0 Å². The Morgan fingerprint density at radius 3 is 2.50 bits per heavy atom. The Morgan fingerprint density at radius 2 is 1.83 bits per heavy atom. The summed E-state index contributed by atoms with van der Waals surface area (Å²) in [6, 6.07) is 13.1. The zero-order valence-corrected chi connectivity index (χ0v) is 14.7. The Morgan fingerprint density at radius 1 is 1.08 bits per heavy atom. The molecular weight excluding hydrogens is 345 g/mol. The standard InChI is InChI=1S/C19H17Cl2NO2/c1-24-17-5-2-12(3-6-17)13-8-15(11-16(23)9-13)22-19-7-4-14(20)10-18(19)21/h2-7,10-11,13,22H,8-9H2,1H3/t13-/m1/s1. The lowest BCUT2D eigenvalue weighted by Crippen LogP contribution is -2.16. The topological polar surface area (TPSA) is 38.3 Å². The van der Waals surface area contributed by atoms with Crippen LogP contribution in [0.25, 0.3) is 0 Å². The van der Waals surface area contributed by atoms with Crippen LogP contribution >= 0.6 is 23.2 Å². The number of hydrogen-bond acceptors (Lipinski definition) is 3. The summed E-state index contributed by atoms with van der Waals surface area (Å²) in [4.78, 5) is 12.1. The van der Waals surface area contributed by atoms with Gasteiger partial charge in [0.2, 0.25) is 0 Å². The van der Waals surface area contributed by atoms with Crippen molar-refractivity contribution in [3.05, 3.63) is 69.8 Å². The predicted molar refractivity (Wildman–Crippen MR) is 98.1 cm³/mol. The number of benzene rings is 2. The van der Waals surface area contributed by atoms with E-state index in [1.807, 2.05) is 30.3 Å². The predicted octanol–water partition coefficient (Wildman–Crippen LogP) is 5.44. The monoisotopic (exact) mass is 361 g/mol. The largest absolute Gasteiger partial charge is 0.497 e. The van der Waals surface area contributed by atoms with Gasteiger partial charge in [-0.2, -0.15) is 0 Å². The molecule has 1 aliphatic rings. The van der Waals surface area contributed by atoms with Gasteiger partial charge < -0.3 is 10.1 Å². The van der Waals surface area contributed by atoms with E-state index >= 15 is 0 Å². The molecule has 0 unspecified atom stereocenters. The lowest BCUT2D eigenvalue weighted by molar-refractivity contribution is -0.115. The van der Waals surface area contributed by atoms with Crippen LogP contribution in [0.4, 0.5) is 5.69 Å². The van der Waals surface area contributed by atoms with Gasteiger partial charge in [0.15, 0.2) is 5.78 Å². The van der Waals surface area contributed by atoms with Crippen molar-refractivity contribution in [2.45, 2.75) is 18.8 Å². The minimum Gasteiger partial charge on any atom is -0.497 e. The van der Waals surface area contributed by atoms with Gasteiger partial charge in [-0.15, -0.1) is 0 Å². The maximum Gasteiger partial charge on any atom is 0.158 e. The van der Waals surface area contributed by atoms with E-state index in [0.717, 1.165) is 29.1 Å². The molecule has 0 aromatic heterocycles. The lowest BCUT2D eigenvalue weighted by atomic mass is 9.85. The fraction of sp³-hybridized carbons (Fsp3) is 0.211. The third-order valence-corrected chi connectivity index (χ3v) is 4.61. The van der Waals surface area contributed by atoms with Crippen LogP contribution in [0.1, 0.15) is 24.3 Å². The molecule has 0 radical (unpaired) electrons. The van der Waals surface area contributed by atoms with Gasteiger partial charge in [0, 0.05) is 23.2 Å². The van der Waals surface area contributed by atoms with Gasteiger partial charge in [-0.25, -0.2) is 0 Å². The van der Waals surface area contributed by atoms with Crippen molar-refractivity contribution >= 4 is 34.7 Å². The van der Waals surface area contributed by atoms with Crippen LogP contribution < -0.4 is 10.1 Å².